The van der Waals surface area contributed by atoms with Gasteiger partial charge in [0.25, 0.3) is 0 Å². The highest BCUT2D eigenvalue weighted by molar-refractivity contribution is 5.74. The molecule has 1 saturated heterocycles. The van der Waals surface area contributed by atoms with E-state index >= 15 is 0 Å². The van der Waals surface area contributed by atoms with E-state index in [1.165, 1.54) is 0 Å². The van der Waals surface area contributed by atoms with E-state index in [1.54, 1.807) is 4.90 Å². The molecule has 1 aliphatic carbocycles. The Kier molecular flexibility index (Phi) is 4.35. The number of nitrogens with zero attached hydrogens (tertiary/aromatic N) is 1. The topological polar surface area (TPSA) is 52.6 Å². The summed E-state index contributed by atoms with van der Waals surface area (Å²) >= 11 is 0. The largest absolute Gasteiger partial charge is 0.480 e. The Morgan fingerprint density at radius 3 is 2.68 bits per heavy atom. The van der Waals surface area contributed by atoms with Gasteiger partial charge in [-0.05, 0) is 19.3 Å². The average molecular weight is 280 g/mol. The normalized spacial score (nSPS) is 34.2. The van der Waals surface area contributed by atoms with Gasteiger partial charge in [0.1, 0.15) is 6.04 Å². The molecule has 0 spiro atoms. The lowest BCUT2D eigenvalue weighted by molar-refractivity contribution is -0.188. The van der Waals surface area contributed by atoms with Gasteiger partial charge in [0.05, 0.1) is 5.92 Å². The summed E-state index contributed by atoms with van der Waals surface area (Å²) in [7, 11) is 0. The zero-order chi connectivity index (χ0) is 14.0. The van der Waals surface area contributed by atoms with E-state index in [2.05, 4.69) is 5.32 Å². The molecule has 1 heterocycles. The minimum Gasteiger partial charge on any atom is -0.480 e. The minimum atomic E-state index is -4.16. The molecule has 3 unspecified atom stereocenters. The van der Waals surface area contributed by atoms with Gasteiger partial charge in [-0.2, -0.15) is 13.2 Å². The van der Waals surface area contributed by atoms with Crippen molar-refractivity contribution in [2.75, 3.05) is 19.6 Å². The van der Waals surface area contributed by atoms with E-state index < -0.39 is 24.1 Å². The number of alkyl halides is 3. The molecule has 4 nitrogen and oxygen atoms in total. The molecule has 3 atom stereocenters. The van der Waals surface area contributed by atoms with Crippen LogP contribution in [0.25, 0.3) is 0 Å². The summed E-state index contributed by atoms with van der Waals surface area (Å²) in [5, 5.41) is 12.1. The Morgan fingerprint density at radius 2 is 2.05 bits per heavy atom. The lowest BCUT2D eigenvalue weighted by Gasteiger charge is -2.43. The highest BCUT2D eigenvalue weighted by Gasteiger charge is 2.45. The van der Waals surface area contributed by atoms with Gasteiger partial charge in [-0.3, -0.25) is 9.69 Å². The van der Waals surface area contributed by atoms with Crippen LogP contribution in [0.4, 0.5) is 13.2 Å². The molecule has 0 aromatic rings. The van der Waals surface area contributed by atoms with Crippen LogP contribution >= 0.6 is 0 Å². The first-order valence-electron chi connectivity index (χ1n) is 6.65. The maximum Gasteiger partial charge on any atom is 0.391 e. The van der Waals surface area contributed by atoms with Gasteiger partial charge in [-0.25, -0.2) is 0 Å². The molecule has 1 saturated carbocycles. The van der Waals surface area contributed by atoms with Crippen molar-refractivity contribution in [2.24, 2.45) is 5.92 Å². The van der Waals surface area contributed by atoms with Crippen molar-refractivity contribution >= 4 is 5.97 Å². The molecule has 110 valence electrons. The van der Waals surface area contributed by atoms with Gasteiger partial charge in [0.2, 0.25) is 0 Å². The van der Waals surface area contributed by atoms with Gasteiger partial charge in [0.15, 0.2) is 0 Å². The monoisotopic (exact) mass is 280 g/mol. The molecular formula is C12H19F3N2O2. The predicted octanol–water partition coefficient (Wildman–Crippen LogP) is 1.47. The average Bonchev–Trinajstić information content (AvgIpc) is 2.38. The number of carbonyl (C=O) groups is 1. The van der Waals surface area contributed by atoms with Gasteiger partial charge in [-0.15, -0.1) is 0 Å². The Labute approximate surface area is 110 Å². The Balaban J connectivity index is 2.05. The summed E-state index contributed by atoms with van der Waals surface area (Å²) in [6.45, 7) is 1.45. The number of rotatable bonds is 2. The first-order chi connectivity index (χ1) is 8.89. The standard InChI is InChI=1S/C12H19F3N2O2/c13-12(14,15)8-2-1-3-9(6-8)17-5-4-16-7-10(17)11(18)19/h8-10,16H,1-7H2,(H,18,19). The lowest BCUT2D eigenvalue weighted by Crippen LogP contribution is -2.59. The number of halogens is 3. The summed E-state index contributed by atoms with van der Waals surface area (Å²) in [6, 6.07) is -0.964. The van der Waals surface area contributed by atoms with Crippen molar-refractivity contribution in [1.82, 2.24) is 10.2 Å². The number of piperazine rings is 1. The van der Waals surface area contributed by atoms with Crippen molar-refractivity contribution in [3.05, 3.63) is 0 Å². The van der Waals surface area contributed by atoms with Crippen molar-refractivity contribution in [3.63, 3.8) is 0 Å². The molecule has 19 heavy (non-hydrogen) atoms. The van der Waals surface area contributed by atoms with Crippen LogP contribution in [0.5, 0.6) is 0 Å². The van der Waals surface area contributed by atoms with E-state index in [-0.39, 0.29) is 18.9 Å². The molecule has 0 radical (unpaired) electrons. The van der Waals surface area contributed by atoms with Crippen LogP contribution in [0, 0.1) is 5.92 Å². The van der Waals surface area contributed by atoms with E-state index in [0.29, 0.717) is 32.5 Å². The molecule has 0 amide bonds. The second-order valence-corrected chi connectivity index (χ2v) is 5.35. The van der Waals surface area contributed by atoms with Crippen molar-refractivity contribution in [1.29, 1.82) is 0 Å². The third kappa shape index (κ3) is 3.39. The fourth-order valence-corrected chi connectivity index (χ4v) is 3.15. The predicted molar refractivity (Wildman–Crippen MR) is 62.8 cm³/mol. The molecule has 7 heteroatoms. The third-order valence-electron chi connectivity index (χ3n) is 4.15. The first-order valence-corrected chi connectivity index (χ1v) is 6.65. The summed E-state index contributed by atoms with van der Waals surface area (Å²) in [4.78, 5) is 12.9. The molecule has 2 N–H and O–H groups in total. The van der Waals surface area contributed by atoms with E-state index in [1.807, 2.05) is 0 Å². The molecular weight excluding hydrogens is 261 g/mol. The van der Waals surface area contributed by atoms with Crippen LogP contribution in [0.3, 0.4) is 0 Å². The number of hydrogen-bond donors (Lipinski definition) is 2. The molecule has 1 aliphatic heterocycles. The zero-order valence-electron chi connectivity index (χ0n) is 10.6. The van der Waals surface area contributed by atoms with Gasteiger partial charge < -0.3 is 10.4 Å². The maximum atomic E-state index is 12.8. The Bertz CT molecular complexity index is 335. The highest BCUT2D eigenvalue weighted by Crippen LogP contribution is 2.39. The molecule has 2 fully saturated rings. The molecule has 0 aromatic carbocycles. The van der Waals surface area contributed by atoms with Crippen LogP contribution in [0.15, 0.2) is 0 Å². The van der Waals surface area contributed by atoms with E-state index in [9.17, 15) is 18.0 Å². The minimum absolute atomic E-state index is 0.0350. The van der Waals surface area contributed by atoms with Crippen LogP contribution in [-0.4, -0.2) is 53.9 Å². The van der Waals surface area contributed by atoms with Crippen molar-refractivity contribution < 1.29 is 23.1 Å². The van der Waals surface area contributed by atoms with Crippen LogP contribution < -0.4 is 5.32 Å². The summed E-state index contributed by atoms with van der Waals surface area (Å²) in [5.41, 5.74) is 0. The molecule has 0 aromatic heterocycles. The lowest BCUT2D eigenvalue weighted by atomic mass is 9.83. The van der Waals surface area contributed by atoms with Crippen LogP contribution in [0.2, 0.25) is 0 Å². The number of hydrogen-bond acceptors (Lipinski definition) is 3. The third-order valence-corrected chi connectivity index (χ3v) is 4.15. The molecule has 2 aliphatic rings. The molecule has 2 rings (SSSR count). The Morgan fingerprint density at radius 1 is 1.32 bits per heavy atom. The summed E-state index contributed by atoms with van der Waals surface area (Å²) in [6.07, 6.45) is -2.77. The zero-order valence-corrected chi connectivity index (χ0v) is 10.6. The molecule has 0 bridgehead atoms. The number of carboxylic acids is 1. The van der Waals surface area contributed by atoms with Crippen LogP contribution in [-0.2, 0) is 4.79 Å². The highest BCUT2D eigenvalue weighted by atomic mass is 19.4. The van der Waals surface area contributed by atoms with E-state index in [4.69, 9.17) is 5.11 Å². The Hall–Kier alpha value is -0.820. The van der Waals surface area contributed by atoms with Gasteiger partial charge in [0, 0.05) is 25.7 Å². The second kappa shape index (κ2) is 5.66. The van der Waals surface area contributed by atoms with E-state index in [0.717, 1.165) is 0 Å². The van der Waals surface area contributed by atoms with Gasteiger partial charge in [-0.1, -0.05) is 6.42 Å². The van der Waals surface area contributed by atoms with Crippen molar-refractivity contribution in [3.8, 4) is 0 Å². The maximum absolute atomic E-state index is 12.8. The van der Waals surface area contributed by atoms with Crippen LogP contribution in [0.1, 0.15) is 25.7 Å². The smallest absolute Gasteiger partial charge is 0.391 e. The first kappa shape index (κ1) is 14.6. The summed E-state index contributed by atoms with van der Waals surface area (Å²) in [5.74, 6) is -2.24. The van der Waals surface area contributed by atoms with Crippen molar-refractivity contribution in [2.45, 2.75) is 43.9 Å². The van der Waals surface area contributed by atoms with Gasteiger partial charge >= 0.3 is 12.1 Å². The number of aliphatic carboxylic acids is 1. The SMILES string of the molecule is O=C(O)C1CNCCN1C1CCCC(C(F)(F)F)C1. The fraction of sp³-hybridized carbons (Fsp3) is 0.917. The quantitative estimate of drug-likeness (QED) is 0.804. The number of carboxylic acid groups (broad SMARTS) is 1. The number of nitrogens with one attached hydrogen (secondary N) is 1. The summed E-state index contributed by atoms with van der Waals surface area (Å²) < 4.78 is 38.4. The fourth-order valence-electron chi connectivity index (χ4n) is 3.15. The second-order valence-electron chi connectivity index (χ2n) is 5.35.